The molecule has 0 heterocycles. The van der Waals surface area contributed by atoms with Gasteiger partial charge in [-0.25, -0.2) is 0 Å². The van der Waals surface area contributed by atoms with Crippen molar-refractivity contribution in [3.63, 3.8) is 0 Å². The maximum atomic E-state index is 5.22. The molecule has 2 heteroatoms. The molecule has 1 nitrogen and oxygen atoms in total. The zero-order valence-corrected chi connectivity index (χ0v) is 11.1. The lowest BCUT2D eigenvalue weighted by Crippen LogP contribution is -1.90. The van der Waals surface area contributed by atoms with E-state index in [2.05, 4.69) is 54.1 Å². The Kier molecular flexibility index (Phi) is 4.89. The SMILES string of the molecule is COc1cc(C)c(C=CCCBr)c(C)c1. The second kappa shape index (κ2) is 5.96. The second-order valence-corrected chi connectivity index (χ2v) is 4.35. The van der Waals surface area contributed by atoms with Crippen molar-refractivity contribution in [3.8, 4) is 5.75 Å². The van der Waals surface area contributed by atoms with Crippen LogP contribution in [0.1, 0.15) is 23.1 Å². The molecular weight excluding hydrogens is 252 g/mol. The van der Waals surface area contributed by atoms with Crippen molar-refractivity contribution in [2.75, 3.05) is 12.4 Å². The molecule has 0 unspecified atom stereocenters. The van der Waals surface area contributed by atoms with E-state index >= 15 is 0 Å². The summed E-state index contributed by atoms with van der Waals surface area (Å²) in [6.07, 6.45) is 5.44. The summed E-state index contributed by atoms with van der Waals surface area (Å²) in [4.78, 5) is 0. The Labute approximate surface area is 100 Å². The molecule has 0 atom stereocenters. The summed E-state index contributed by atoms with van der Waals surface area (Å²) in [6, 6.07) is 4.14. The number of methoxy groups -OCH3 is 1. The quantitative estimate of drug-likeness (QED) is 0.747. The van der Waals surface area contributed by atoms with Crippen LogP contribution in [0.15, 0.2) is 18.2 Å². The Bertz CT molecular complexity index is 333. The fourth-order valence-electron chi connectivity index (χ4n) is 1.58. The number of benzene rings is 1. The summed E-state index contributed by atoms with van der Waals surface area (Å²) in [5.41, 5.74) is 3.83. The number of hydrogen-bond donors (Lipinski definition) is 0. The van der Waals surface area contributed by atoms with Gasteiger partial charge in [-0.05, 0) is 49.1 Å². The first kappa shape index (κ1) is 12.3. The van der Waals surface area contributed by atoms with E-state index in [1.54, 1.807) is 7.11 Å². The number of hydrogen-bond acceptors (Lipinski definition) is 1. The molecule has 1 aromatic carbocycles. The van der Waals surface area contributed by atoms with E-state index in [1.807, 2.05) is 0 Å². The summed E-state index contributed by atoms with van der Waals surface area (Å²) >= 11 is 3.41. The lowest BCUT2D eigenvalue weighted by molar-refractivity contribution is 0.414. The van der Waals surface area contributed by atoms with E-state index in [-0.39, 0.29) is 0 Å². The van der Waals surface area contributed by atoms with Gasteiger partial charge >= 0.3 is 0 Å². The van der Waals surface area contributed by atoms with Crippen LogP contribution in [0.25, 0.3) is 6.08 Å². The topological polar surface area (TPSA) is 9.23 Å². The average molecular weight is 269 g/mol. The maximum Gasteiger partial charge on any atom is 0.119 e. The first-order valence-corrected chi connectivity index (χ1v) is 6.19. The van der Waals surface area contributed by atoms with E-state index in [9.17, 15) is 0 Å². The van der Waals surface area contributed by atoms with Crippen LogP contribution in [0.2, 0.25) is 0 Å². The molecule has 1 aromatic rings. The van der Waals surface area contributed by atoms with Crippen molar-refractivity contribution < 1.29 is 4.74 Å². The minimum Gasteiger partial charge on any atom is -0.497 e. The van der Waals surface area contributed by atoms with E-state index in [4.69, 9.17) is 4.74 Å². The first-order valence-electron chi connectivity index (χ1n) is 5.06. The van der Waals surface area contributed by atoms with Gasteiger partial charge in [-0.2, -0.15) is 0 Å². The predicted octanol–water partition coefficient (Wildman–Crippen LogP) is 4.11. The Hall–Kier alpha value is -0.760. The van der Waals surface area contributed by atoms with E-state index in [1.165, 1.54) is 16.7 Å². The largest absolute Gasteiger partial charge is 0.497 e. The molecule has 0 saturated carbocycles. The van der Waals surface area contributed by atoms with Gasteiger partial charge in [-0.15, -0.1) is 0 Å². The van der Waals surface area contributed by atoms with Crippen molar-refractivity contribution in [3.05, 3.63) is 34.9 Å². The van der Waals surface area contributed by atoms with Gasteiger partial charge in [0.15, 0.2) is 0 Å². The van der Waals surface area contributed by atoms with E-state index < -0.39 is 0 Å². The molecule has 0 aliphatic rings. The molecule has 0 bridgehead atoms. The highest BCUT2D eigenvalue weighted by atomic mass is 79.9. The van der Waals surface area contributed by atoms with Crippen molar-refractivity contribution in [1.29, 1.82) is 0 Å². The van der Waals surface area contributed by atoms with Crippen LogP contribution in [0.5, 0.6) is 5.75 Å². The molecule has 0 aliphatic heterocycles. The van der Waals surface area contributed by atoms with Gasteiger partial charge in [0, 0.05) is 5.33 Å². The number of rotatable bonds is 4. The zero-order valence-electron chi connectivity index (χ0n) is 9.51. The van der Waals surface area contributed by atoms with Gasteiger partial charge in [-0.3, -0.25) is 0 Å². The van der Waals surface area contributed by atoms with Gasteiger partial charge in [0.1, 0.15) is 5.75 Å². The third-order valence-electron chi connectivity index (χ3n) is 2.36. The van der Waals surface area contributed by atoms with Crippen LogP contribution in [0.4, 0.5) is 0 Å². The third-order valence-corrected chi connectivity index (χ3v) is 2.82. The predicted molar refractivity (Wildman–Crippen MR) is 69.9 cm³/mol. The van der Waals surface area contributed by atoms with Crippen LogP contribution >= 0.6 is 15.9 Å². The molecule has 0 fully saturated rings. The molecule has 82 valence electrons. The summed E-state index contributed by atoms with van der Waals surface area (Å²) in [7, 11) is 1.70. The Morgan fingerprint density at radius 2 is 1.87 bits per heavy atom. The molecule has 0 spiro atoms. The number of alkyl halides is 1. The Balaban J connectivity index is 2.98. The number of allylic oxidation sites excluding steroid dienone is 1. The average Bonchev–Trinajstić information content (AvgIpc) is 2.22. The van der Waals surface area contributed by atoms with Crippen molar-refractivity contribution in [2.45, 2.75) is 20.3 Å². The highest BCUT2D eigenvalue weighted by Gasteiger charge is 2.01. The molecule has 0 aliphatic carbocycles. The fraction of sp³-hybridized carbons (Fsp3) is 0.385. The number of ether oxygens (including phenoxy) is 1. The van der Waals surface area contributed by atoms with E-state index in [0.717, 1.165) is 17.5 Å². The fourth-order valence-corrected chi connectivity index (χ4v) is 1.84. The minimum absolute atomic E-state index is 0.933. The molecule has 0 N–H and O–H groups in total. The van der Waals surface area contributed by atoms with Crippen molar-refractivity contribution >= 4 is 22.0 Å². The standard InChI is InChI=1S/C13H17BrO/c1-10-8-12(15-3)9-11(2)13(10)6-4-5-7-14/h4,6,8-9H,5,7H2,1-3H3. The summed E-state index contributed by atoms with van der Waals surface area (Å²) in [5.74, 6) is 0.933. The minimum atomic E-state index is 0.933. The van der Waals surface area contributed by atoms with Gasteiger partial charge in [0.05, 0.1) is 7.11 Å². The third kappa shape index (κ3) is 3.38. The molecule has 0 aromatic heterocycles. The number of aryl methyl sites for hydroxylation is 2. The van der Waals surface area contributed by atoms with Crippen molar-refractivity contribution in [1.82, 2.24) is 0 Å². The summed E-state index contributed by atoms with van der Waals surface area (Å²) < 4.78 is 5.22. The van der Waals surface area contributed by atoms with E-state index in [0.29, 0.717) is 0 Å². The Morgan fingerprint density at radius 1 is 1.27 bits per heavy atom. The highest BCUT2D eigenvalue weighted by Crippen LogP contribution is 2.22. The maximum absolute atomic E-state index is 5.22. The summed E-state index contributed by atoms with van der Waals surface area (Å²) in [6.45, 7) is 4.23. The smallest absolute Gasteiger partial charge is 0.119 e. The first-order chi connectivity index (χ1) is 7.19. The van der Waals surface area contributed by atoms with Crippen LogP contribution in [0, 0.1) is 13.8 Å². The Morgan fingerprint density at radius 3 is 2.33 bits per heavy atom. The monoisotopic (exact) mass is 268 g/mol. The zero-order chi connectivity index (χ0) is 11.3. The summed E-state index contributed by atoms with van der Waals surface area (Å²) in [5, 5.41) is 1.01. The van der Waals surface area contributed by atoms with Gasteiger partial charge in [0.25, 0.3) is 0 Å². The molecule has 1 rings (SSSR count). The lowest BCUT2D eigenvalue weighted by atomic mass is 10.0. The molecular formula is C13H17BrO. The van der Waals surface area contributed by atoms with Gasteiger partial charge in [0.2, 0.25) is 0 Å². The molecule has 15 heavy (non-hydrogen) atoms. The van der Waals surface area contributed by atoms with Crippen LogP contribution in [0.3, 0.4) is 0 Å². The second-order valence-electron chi connectivity index (χ2n) is 3.55. The molecule has 0 saturated heterocycles. The van der Waals surface area contributed by atoms with Crippen LogP contribution < -0.4 is 4.74 Å². The van der Waals surface area contributed by atoms with Gasteiger partial charge in [-0.1, -0.05) is 28.1 Å². The number of halogens is 1. The van der Waals surface area contributed by atoms with Crippen molar-refractivity contribution in [2.24, 2.45) is 0 Å². The normalized spacial score (nSPS) is 10.9. The van der Waals surface area contributed by atoms with Crippen LogP contribution in [-0.2, 0) is 0 Å². The van der Waals surface area contributed by atoms with Gasteiger partial charge < -0.3 is 4.74 Å². The molecule has 0 radical (unpaired) electrons. The highest BCUT2D eigenvalue weighted by molar-refractivity contribution is 9.09. The molecule has 0 amide bonds. The van der Waals surface area contributed by atoms with Crippen LogP contribution in [-0.4, -0.2) is 12.4 Å². The lowest BCUT2D eigenvalue weighted by Gasteiger charge is -2.08.